The first kappa shape index (κ1) is 12.3. The third kappa shape index (κ3) is 4.51. The molecule has 0 radical (unpaired) electrons. The van der Waals surface area contributed by atoms with Crippen molar-refractivity contribution in [1.82, 2.24) is 5.32 Å². The minimum atomic E-state index is 0.0310. The van der Waals surface area contributed by atoms with Crippen LogP contribution in [0.5, 0.6) is 5.75 Å². The molecule has 1 aromatic carbocycles. The van der Waals surface area contributed by atoms with Crippen molar-refractivity contribution in [3.05, 3.63) is 27.8 Å². The number of carbonyl (C=O) groups excluding carboxylic acids is 1. The van der Waals surface area contributed by atoms with E-state index in [1.807, 2.05) is 31.2 Å². The molecule has 0 saturated carbocycles. The molecule has 3 nitrogen and oxygen atoms in total. The van der Waals surface area contributed by atoms with Crippen LogP contribution < -0.4 is 10.1 Å². The van der Waals surface area contributed by atoms with Crippen LogP contribution in [0.25, 0.3) is 0 Å². The van der Waals surface area contributed by atoms with Gasteiger partial charge >= 0.3 is 0 Å². The standard InChI is InChI=1S/C11H14INO2/c1-2-13-11(14)7-8-15-10-6-4-3-5-9(10)12/h3-6H,2,7-8H2,1H3,(H,13,14). The van der Waals surface area contributed by atoms with Crippen LogP contribution >= 0.6 is 22.6 Å². The van der Waals surface area contributed by atoms with E-state index < -0.39 is 0 Å². The monoisotopic (exact) mass is 319 g/mol. The van der Waals surface area contributed by atoms with Gasteiger partial charge in [0.2, 0.25) is 5.91 Å². The van der Waals surface area contributed by atoms with Crippen LogP contribution in [0.4, 0.5) is 0 Å². The minimum Gasteiger partial charge on any atom is -0.492 e. The zero-order valence-corrected chi connectivity index (χ0v) is 10.8. The van der Waals surface area contributed by atoms with Gasteiger partial charge < -0.3 is 10.1 Å². The predicted octanol–water partition coefficient (Wildman–Crippen LogP) is 2.20. The summed E-state index contributed by atoms with van der Waals surface area (Å²) >= 11 is 2.21. The molecule has 0 aromatic heterocycles. The second-order valence-corrected chi connectivity index (χ2v) is 4.14. The number of hydrogen-bond acceptors (Lipinski definition) is 2. The van der Waals surface area contributed by atoms with Gasteiger partial charge in [0, 0.05) is 6.54 Å². The molecule has 15 heavy (non-hydrogen) atoms. The zero-order chi connectivity index (χ0) is 11.1. The summed E-state index contributed by atoms with van der Waals surface area (Å²) in [5.41, 5.74) is 0. The van der Waals surface area contributed by atoms with Gasteiger partial charge in [0.05, 0.1) is 16.6 Å². The maximum Gasteiger partial charge on any atom is 0.223 e. The van der Waals surface area contributed by atoms with Crippen molar-refractivity contribution in [3.63, 3.8) is 0 Å². The highest BCUT2D eigenvalue weighted by molar-refractivity contribution is 14.1. The fourth-order valence-electron chi connectivity index (χ4n) is 1.10. The number of benzene rings is 1. The lowest BCUT2D eigenvalue weighted by molar-refractivity contribution is -0.121. The zero-order valence-electron chi connectivity index (χ0n) is 8.63. The first-order valence-corrected chi connectivity index (χ1v) is 5.96. The van der Waals surface area contributed by atoms with Crippen molar-refractivity contribution in [1.29, 1.82) is 0 Å². The lowest BCUT2D eigenvalue weighted by Crippen LogP contribution is -2.24. The summed E-state index contributed by atoms with van der Waals surface area (Å²) in [5, 5.41) is 2.73. The molecule has 1 amide bonds. The SMILES string of the molecule is CCNC(=O)CCOc1ccccc1I. The molecule has 0 spiro atoms. The normalized spacial score (nSPS) is 9.73. The molecule has 0 aliphatic heterocycles. The van der Waals surface area contributed by atoms with Crippen molar-refractivity contribution in [3.8, 4) is 5.75 Å². The molecule has 4 heteroatoms. The smallest absolute Gasteiger partial charge is 0.223 e. The maximum absolute atomic E-state index is 11.1. The van der Waals surface area contributed by atoms with E-state index >= 15 is 0 Å². The Morgan fingerprint density at radius 2 is 2.20 bits per heavy atom. The summed E-state index contributed by atoms with van der Waals surface area (Å²) in [7, 11) is 0. The highest BCUT2D eigenvalue weighted by Gasteiger charge is 2.02. The predicted molar refractivity (Wildman–Crippen MR) is 68.0 cm³/mol. The second kappa shape index (κ2) is 6.66. The Balaban J connectivity index is 2.32. The Morgan fingerprint density at radius 3 is 2.87 bits per heavy atom. The number of hydrogen-bond donors (Lipinski definition) is 1. The molecule has 0 unspecified atom stereocenters. The number of rotatable bonds is 5. The molecular formula is C11H14INO2. The molecule has 82 valence electrons. The summed E-state index contributed by atoms with van der Waals surface area (Å²) < 4.78 is 6.55. The number of amides is 1. The Kier molecular flexibility index (Phi) is 5.45. The van der Waals surface area contributed by atoms with Gasteiger partial charge in [-0.05, 0) is 41.6 Å². The first-order valence-electron chi connectivity index (χ1n) is 4.88. The molecule has 1 rings (SSSR count). The summed E-state index contributed by atoms with van der Waals surface area (Å²) in [4.78, 5) is 11.1. The van der Waals surface area contributed by atoms with E-state index in [0.717, 1.165) is 9.32 Å². The van der Waals surface area contributed by atoms with Crippen LogP contribution in [0.2, 0.25) is 0 Å². The van der Waals surface area contributed by atoms with Crippen LogP contribution in [0.15, 0.2) is 24.3 Å². The third-order valence-corrected chi connectivity index (χ3v) is 2.69. The van der Waals surface area contributed by atoms with E-state index in [-0.39, 0.29) is 5.91 Å². The number of para-hydroxylation sites is 1. The van der Waals surface area contributed by atoms with Crippen LogP contribution in [0, 0.1) is 3.57 Å². The Morgan fingerprint density at radius 1 is 1.47 bits per heavy atom. The molecule has 0 bridgehead atoms. The number of carbonyl (C=O) groups is 1. The quantitative estimate of drug-likeness (QED) is 0.845. The number of ether oxygens (including phenoxy) is 1. The van der Waals surface area contributed by atoms with E-state index in [1.54, 1.807) is 0 Å². The van der Waals surface area contributed by atoms with Crippen LogP contribution in [-0.4, -0.2) is 19.1 Å². The molecule has 0 fully saturated rings. The van der Waals surface area contributed by atoms with Gasteiger partial charge in [-0.2, -0.15) is 0 Å². The summed E-state index contributed by atoms with van der Waals surface area (Å²) in [6.45, 7) is 2.99. The lowest BCUT2D eigenvalue weighted by Gasteiger charge is -2.07. The van der Waals surface area contributed by atoms with Crippen molar-refractivity contribution in [2.24, 2.45) is 0 Å². The highest BCUT2D eigenvalue weighted by Crippen LogP contribution is 2.19. The van der Waals surface area contributed by atoms with E-state index in [0.29, 0.717) is 19.6 Å². The molecule has 0 heterocycles. The molecule has 0 saturated heterocycles. The van der Waals surface area contributed by atoms with Gasteiger partial charge in [-0.15, -0.1) is 0 Å². The fourth-order valence-corrected chi connectivity index (χ4v) is 1.64. The van der Waals surface area contributed by atoms with E-state index in [2.05, 4.69) is 27.9 Å². The van der Waals surface area contributed by atoms with Gasteiger partial charge in [0.15, 0.2) is 0 Å². The Hall–Kier alpha value is -0.780. The van der Waals surface area contributed by atoms with Gasteiger partial charge in [-0.25, -0.2) is 0 Å². The lowest BCUT2D eigenvalue weighted by atomic mass is 10.3. The molecular weight excluding hydrogens is 305 g/mol. The summed E-state index contributed by atoms with van der Waals surface area (Å²) in [6, 6.07) is 7.75. The average molecular weight is 319 g/mol. The number of nitrogens with one attached hydrogen (secondary N) is 1. The van der Waals surface area contributed by atoms with Crippen molar-refractivity contribution in [2.45, 2.75) is 13.3 Å². The fraction of sp³-hybridized carbons (Fsp3) is 0.364. The number of halogens is 1. The Bertz CT molecular complexity index is 328. The average Bonchev–Trinajstić information content (AvgIpc) is 2.21. The third-order valence-electron chi connectivity index (χ3n) is 1.80. The molecule has 0 aliphatic carbocycles. The first-order chi connectivity index (χ1) is 7.24. The topological polar surface area (TPSA) is 38.3 Å². The van der Waals surface area contributed by atoms with Gasteiger partial charge in [-0.3, -0.25) is 4.79 Å². The van der Waals surface area contributed by atoms with Gasteiger partial charge in [0.25, 0.3) is 0 Å². The maximum atomic E-state index is 11.1. The molecule has 0 aliphatic rings. The van der Waals surface area contributed by atoms with Crippen LogP contribution in [-0.2, 0) is 4.79 Å². The minimum absolute atomic E-state index is 0.0310. The summed E-state index contributed by atoms with van der Waals surface area (Å²) in [5.74, 6) is 0.867. The highest BCUT2D eigenvalue weighted by atomic mass is 127. The van der Waals surface area contributed by atoms with E-state index in [9.17, 15) is 4.79 Å². The van der Waals surface area contributed by atoms with Crippen LogP contribution in [0.1, 0.15) is 13.3 Å². The van der Waals surface area contributed by atoms with Crippen molar-refractivity contribution >= 4 is 28.5 Å². The Labute approximate surface area is 103 Å². The molecule has 1 N–H and O–H groups in total. The molecule has 1 aromatic rings. The largest absolute Gasteiger partial charge is 0.492 e. The van der Waals surface area contributed by atoms with Crippen LogP contribution in [0.3, 0.4) is 0 Å². The van der Waals surface area contributed by atoms with E-state index in [4.69, 9.17) is 4.74 Å². The summed E-state index contributed by atoms with van der Waals surface area (Å²) in [6.07, 6.45) is 0.402. The van der Waals surface area contributed by atoms with Crippen molar-refractivity contribution in [2.75, 3.05) is 13.2 Å². The van der Waals surface area contributed by atoms with Gasteiger partial charge in [-0.1, -0.05) is 12.1 Å². The van der Waals surface area contributed by atoms with Crippen molar-refractivity contribution < 1.29 is 9.53 Å². The second-order valence-electron chi connectivity index (χ2n) is 2.98. The van der Waals surface area contributed by atoms with Gasteiger partial charge in [0.1, 0.15) is 5.75 Å². The van der Waals surface area contributed by atoms with E-state index in [1.165, 1.54) is 0 Å². The molecule has 0 atom stereocenters.